The van der Waals surface area contributed by atoms with E-state index in [9.17, 15) is 9.90 Å². The summed E-state index contributed by atoms with van der Waals surface area (Å²) < 4.78 is 0. The zero-order chi connectivity index (χ0) is 13.4. The van der Waals surface area contributed by atoms with Crippen LogP contribution in [0.3, 0.4) is 0 Å². The summed E-state index contributed by atoms with van der Waals surface area (Å²) >= 11 is 0. The van der Waals surface area contributed by atoms with Crippen LogP contribution in [-0.4, -0.2) is 26.2 Å². The van der Waals surface area contributed by atoms with Crippen molar-refractivity contribution in [2.45, 2.75) is 0 Å². The van der Waals surface area contributed by atoms with Gasteiger partial charge in [-0.05, 0) is 30.3 Å². The van der Waals surface area contributed by atoms with E-state index < -0.39 is 5.97 Å². The lowest BCUT2D eigenvalue weighted by Crippen LogP contribution is -1.97. The second kappa shape index (κ2) is 4.13. The number of pyridine rings is 1. The molecule has 0 aliphatic rings. The molecular formula is C14H10N2O3. The highest BCUT2D eigenvalue weighted by Crippen LogP contribution is 2.29. The topological polar surface area (TPSA) is 86.2 Å². The van der Waals surface area contributed by atoms with E-state index >= 15 is 0 Å². The molecule has 0 aliphatic heterocycles. The number of hydrogen-bond donors (Lipinski definition) is 3. The molecule has 3 aromatic rings. The highest BCUT2D eigenvalue weighted by molar-refractivity contribution is 5.92. The number of fused-ring (bicyclic) bond motifs is 1. The van der Waals surface area contributed by atoms with Crippen molar-refractivity contribution in [3.63, 3.8) is 0 Å². The molecule has 2 heterocycles. The zero-order valence-corrected chi connectivity index (χ0v) is 9.79. The molecule has 0 bridgehead atoms. The molecule has 1 aromatic carbocycles. The number of H-pyrrole nitrogens is 1. The van der Waals surface area contributed by atoms with Crippen molar-refractivity contribution in [3.8, 4) is 17.1 Å². The lowest BCUT2D eigenvalue weighted by molar-refractivity contribution is 0.0697. The van der Waals surface area contributed by atoms with Crippen LogP contribution in [0.5, 0.6) is 5.75 Å². The maximum Gasteiger partial charge on any atom is 0.335 e. The molecule has 5 nitrogen and oxygen atoms in total. The van der Waals surface area contributed by atoms with E-state index in [2.05, 4.69) is 9.97 Å². The average molecular weight is 254 g/mol. The molecule has 0 atom stereocenters. The molecular weight excluding hydrogens is 244 g/mol. The fraction of sp³-hybridized carbons (Fsp3) is 0. The Morgan fingerprint density at radius 1 is 1.21 bits per heavy atom. The Bertz CT molecular complexity index is 777. The number of carboxylic acid groups (broad SMARTS) is 1. The van der Waals surface area contributed by atoms with Gasteiger partial charge in [0.2, 0.25) is 0 Å². The molecule has 0 saturated carbocycles. The molecule has 2 aromatic heterocycles. The van der Waals surface area contributed by atoms with E-state index in [1.165, 1.54) is 18.3 Å². The third-order valence-electron chi connectivity index (χ3n) is 2.92. The van der Waals surface area contributed by atoms with Crippen LogP contribution in [-0.2, 0) is 0 Å². The fourth-order valence-corrected chi connectivity index (χ4v) is 1.99. The molecule has 3 N–H and O–H groups in total. The average Bonchev–Trinajstić information content (AvgIpc) is 2.84. The molecule has 0 unspecified atom stereocenters. The van der Waals surface area contributed by atoms with Gasteiger partial charge in [0.05, 0.1) is 17.0 Å². The van der Waals surface area contributed by atoms with Crippen molar-refractivity contribution in [2.75, 3.05) is 0 Å². The molecule has 3 rings (SSSR count). The number of nitrogens with one attached hydrogen (secondary N) is 1. The van der Waals surface area contributed by atoms with E-state index in [0.29, 0.717) is 16.8 Å². The quantitative estimate of drug-likeness (QED) is 0.656. The number of hydrogen-bond acceptors (Lipinski definition) is 3. The van der Waals surface area contributed by atoms with Crippen LogP contribution in [0.25, 0.3) is 22.3 Å². The molecule has 0 spiro atoms. The molecule has 0 amide bonds. The molecule has 94 valence electrons. The van der Waals surface area contributed by atoms with Crippen LogP contribution < -0.4 is 0 Å². The number of phenols is 1. The maximum absolute atomic E-state index is 10.9. The summed E-state index contributed by atoms with van der Waals surface area (Å²) in [4.78, 5) is 18.2. The van der Waals surface area contributed by atoms with E-state index in [1.807, 2.05) is 6.07 Å². The van der Waals surface area contributed by atoms with Crippen LogP contribution in [0.4, 0.5) is 0 Å². The molecule has 0 saturated heterocycles. The third-order valence-corrected chi connectivity index (χ3v) is 2.92. The van der Waals surface area contributed by atoms with Crippen molar-refractivity contribution >= 4 is 16.9 Å². The predicted molar refractivity (Wildman–Crippen MR) is 70.2 cm³/mol. The van der Waals surface area contributed by atoms with Gasteiger partial charge in [-0.25, -0.2) is 4.79 Å². The molecule has 19 heavy (non-hydrogen) atoms. The van der Waals surface area contributed by atoms with Gasteiger partial charge in [-0.2, -0.15) is 0 Å². The molecule has 5 heteroatoms. The van der Waals surface area contributed by atoms with Gasteiger partial charge in [0, 0.05) is 17.1 Å². The van der Waals surface area contributed by atoms with Crippen molar-refractivity contribution in [3.05, 3.63) is 48.2 Å². The summed E-state index contributed by atoms with van der Waals surface area (Å²) in [5.41, 5.74) is 2.14. The Hall–Kier alpha value is -2.82. The summed E-state index contributed by atoms with van der Waals surface area (Å²) in [6.45, 7) is 0. The van der Waals surface area contributed by atoms with Crippen LogP contribution >= 0.6 is 0 Å². The predicted octanol–water partition coefficient (Wildman–Crippen LogP) is 2.63. The second-order valence-electron chi connectivity index (χ2n) is 4.16. The van der Waals surface area contributed by atoms with Crippen molar-refractivity contribution in [1.82, 2.24) is 9.97 Å². The minimum absolute atomic E-state index is 0.174. The van der Waals surface area contributed by atoms with E-state index in [0.717, 1.165) is 5.52 Å². The monoisotopic (exact) mass is 254 g/mol. The fourth-order valence-electron chi connectivity index (χ4n) is 1.99. The number of carbonyl (C=O) groups is 1. The number of benzene rings is 1. The van der Waals surface area contributed by atoms with Crippen LogP contribution in [0, 0.1) is 0 Å². The number of nitrogens with zero attached hydrogens (tertiary/aromatic N) is 1. The minimum atomic E-state index is -0.998. The lowest BCUT2D eigenvalue weighted by Gasteiger charge is -1.98. The standard InChI is InChI=1S/C14H10N2O3/c17-13-3-1-2-10-9(13)7-12(16-10)11-6-8(14(18)19)4-5-15-11/h1-7,16-17H,(H,18,19). The number of carboxylic acids is 1. The smallest absolute Gasteiger partial charge is 0.335 e. The van der Waals surface area contributed by atoms with Gasteiger partial charge >= 0.3 is 5.97 Å². The van der Waals surface area contributed by atoms with Crippen LogP contribution in [0.1, 0.15) is 10.4 Å². The third kappa shape index (κ3) is 1.91. The van der Waals surface area contributed by atoms with Gasteiger partial charge in [-0.15, -0.1) is 0 Å². The number of aromatic nitrogens is 2. The summed E-state index contributed by atoms with van der Waals surface area (Å²) in [6, 6.07) is 9.84. The highest BCUT2D eigenvalue weighted by Gasteiger charge is 2.09. The van der Waals surface area contributed by atoms with E-state index in [1.54, 1.807) is 18.2 Å². The Morgan fingerprint density at radius 2 is 2.05 bits per heavy atom. The van der Waals surface area contributed by atoms with E-state index in [-0.39, 0.29) is 11.3 Å². The van der Waals surface area contributed by atoms with Crippen molar-refractivity contribution < 1.29 is 15.0 Å². The summed E-state index contributed by atoms with van der Waals surface area (Å²) in [5.74, 6) is -0.822. The Labute approximate surface area is 108 Å². The molecule has 0 radical (unpaired) electrons. The summed E-state index contributed by atoms with van der Waals surface area (Å²) in [7, 11) is 0. The van der Waals surface area contributed by atoms with Crippen LogP contribution in [0.2, 0.25) is 0 Å². The van der Waals surface area contributed by atoms with E-state index in [4.69, 9.17) is 5.11 Å². The maximum atomic E-state index is 10.9. The number of aromatic hydroxyl groups is 1. The first-order valence-corrected chi connectivity index (χ1v) is 5.65. The first kappa shape index (κ1) is 11.3. The minimum Gasteiger partial charge on any atom is -0.507 e. The van der Waals surface area contributed by atoms with Gasteiger partial charge < -0.3 is 15.2 Å². The summed E-state index contributed by atoms with van der Waals surface area (Å²) in [6.07, 6.45) is 1.45. The van der Waals surface area contributed by atoms with Gasteiger partial charge in [0.15, 0.2) is 0 Å². The first-order chi connectivity index (χ1) is 9.15. The SMILES string of the molecule is O=C(O)c1ccnc(-c2cc3c(O)cccc3[nH]2)c1. The lowest BCUT2D eigenvalue weighted by atomic mass is 10.2. The Kier molecular flexibility index (Phi) is 2.45. The van der Waals surface area contributed by atoms with Gasteiger partial charge in [-0.1, -0.05) is 6.07 Å². The summed E-state index contributed by atoms with van der Waals surface area (Å²) in [5, 5.41) is 19.4. The molecule has 0 fully saturated rings. The second-order valence-corrected chi connectivity index (χ2v) is 4.16. The first-order valence-electron chi connectivity index (χ1n) is 5.65. The number of aromatic carboxylic acids is 1. The Balaban J connectivity index is 2.16. The number of aromatic amines is 1. The number of phenolic OH excluding ortho intramolecular Hbond substituents is 1. The van der Waals surface area contributed by atoms with Gasteiger partial charge in [-0.3, -0.25) is 4.98 Å². The van der Waals surface area contributed by atoms with Crippen LogP contribution in [0.15, 0.2) is 42.6 Å². The van der Waals surface area contributed by atoms with Crippen molar-refractivity contribution in [2.24, 2.45) is 0 Å². The van der Waals surface area contributed by atoms with Crippen molar-refractivity contribution in [1.29, 1.82) is 0 Å². The molecule has 0 aliphatic carbocycles. The normalized spacial score (nSPS) is 10.7. The van der Waals surface area contributed by atoms with Gasteiger partial charge in [0.1, 0.15) is 5.75 Å². The zero-order valence-electron chi connectivity index (χ0n) is 9.79. The highest BCUT2D eigenvalue weighted by atomic mass is 16.4. The number of rotatable bonds is 2. The Morgan fingerprint density at radius 3 is 2.79 bits per heavy atom. The largest absolute Gasteiger partial charge is 0.507 e. The van der Waals surface area contributed by atoms with Gasteiger partial charge in [0.25, 0.3) is 0 Å².